The molecule has 0 aliphatic carbocycles. The number of aliphatic hydroxyl groups is 1. The molecule has 21 heavy (non-hydrogen) atoms. The number of nitrogens with zero attached hydrogens (tertiary/aromatic N) is 1. The van der Waals surface area contributed by atoms with Crippen LogP contribution in [0.3, 0.4) is 0 Å². The van der Waals surface area contributed by atoms with Crippen LogP contribution in [0, 0.1) is 5.82 Å². The van der Waals surface area contributed by atoms with E-state index in [4.69, 9.17) is 0 Å². The second-order valence-electron chi connectivity index (χ2n) is 5.16. The fraction of sp³-hybridized carbons (Fsp3) is 0.294. The lowest BCUT2D eigenvalue weighted by Gasteiger charge is -2.20. The summed E-state index contributed by atoms with van der Waals surface area (Å²) in [5, 5.41) is 10.2. The highest BCUT2D eigenvalue weighted by Crippen LogP contribution is 2.25. The minimum absolute atomic E-state index is 0.185. The van der Waals surface area contributed by atoms with Gasteiger partial charge in [-0.2, -0.15) is 0 Å². The standard InChI is InChI=1S/C17H19BrFNO/c1-20(12-13-6-2-5-9-16(13)19)11-10-17(21)14-7-3-4-8-15(14)18/h2-9,17,21H,10-12H2,1H3. The van der Waals surface area contributed by atoms with Crippen LogP contribution in [0.1, 0.15) is 23.7 Å². The van der Waals surface area contributed by atoms with Crippen molar-refractivity contribution in [1.82, 2.24) is 4.90 Å². The molecule has 2 nitrogen and oxygen atoms in total. The normalized spacial score (nSPS) is 12.6. The van der Waals surface area contributed by atoms with E-state index in [1.165, 1.54) is 6.07 Å². The predicted octanol–water partition coefficient (Wildman–Crippen LogP) is 4.14. The zero-order valence-corrected chi connectivity index (χ0v) is 13.6. The van der Waals surface area contributed by atoms with E-state index in [9.17, 15) is 9.50 Å². The summed E-state index contributed by atoms with van der Waals surface area (Å²) >= 11 is 3.44. The zero-order chi connectivity index (χ0) is 15.2. The minimum atomic E-state index is -0.524. The number of hydrogen-bond donors (Lipinski definition) is 1. The van der Waals surface area contributed by atoms with Gasteiger partial charge in [0.15, 0.2) is 0 Å². The van der Waals surface area contributed by atoms with Gasteiger partial charge in [-0.05, 0) is 31.2 Å². The summed E-state index contributed by atoms with van der Waals surface area (Å²) in [6.45, 7) is 1.23. The van der Waals surface area contributed by atoms with Crippen LogP contribution in [-0.4, -0.2) is 23.6 Å². The van der Waals surface area contributed by atoms with E-state index < -0.39 is 6.10 Å². The average Bonchev–Trinajstić information content (AvgIpc) is 2.48. The molecule has 0 radical (unpaired) electrons. The van der Waals surface area contributed by atoms with Crippen LogP contribution in [0.15, 0.2) is 53.0 Å². The molecule has 1 atom stereocenters. The van der Waals surface area contributed by atoms with Crippen molar-refractivity contribution >= 4 is 15.9 Å². The minimum Gasteiger partial charge on any atom is -0.388 e. The molecule has 0 amide bonds. The average molecular weight is 352 g/mol. The third kappa shape index (κ3) is 4.63. The molecule has 2 rings (SSSR count). The molecule has 0 spiro atoms. The van der Waals surface area contributed by atoms with Crippen molar-refractivity contribution in [3.63, 3.8) is 0 Å². The molecule has 0 aromatic heterocycles. The van der Waals surface area contributed by atoms with Crippen LogP contribution in [0.2, 0.25) is 0 Å². The summed E-state index contributed by atoms with van der Waals surface area (Å²) in [5.41, 5.74) is 1.56. The maximum absolute atomic E-state index is 13.6. The van der Waals surface area contributed by atoms with E-state index in [1.807, 2.05) is 42.3 Å². The van der Waals surface area contributed by atoms with Crippen molar-refractivity contribution < 1.29 is 9.50 Å². The molecule has 0 aliphatic heterocycles. The third-order valence-electron chi connectivity index (χ3n) is 3.45. The Kier molecular flexibility index (Phi) is 5.91. The van der Waals surface area contributed by atoms with E-state index >= 15 is 0 Å². The van der Waals surface area contributed by atoms with Gasteiger partial charge in [-0.3, -0.25) is 0 Å². The molecule has 2 aromatic carbocycles. The second-order valence-corrected chi connectivity index (χ2v) is 6.01. The van der Waals surface area contributed by atoms with Crippen molar-refractivity contribution in [2.45, 2.75) is 19.1 Å². The molecule has 0 bridgehead atoms. The van der Waals surface area contributed by atoms with Crippen LogP contribution in [-0.2, 0) is 6.54 Å². The Labute approximate surface area is 133 Å². The van der Waals surface area contributed by atoms with Gasteiger partial charge in [0, 0.05) is 23.1 Å². The number of rotatable bonds is 6. The molecular formula is C17H19BrFNO. The molecule has 112 valence electrons. The van der Waals surface area contributed by atoms with Crippen molar-refractivity contribution in [2.75, 3.05) is 13.6 Å². The van der Waals surface area contributed by atoms with Gasteiger partial charge in [0.05, 0.1) is 6.10 Å². The SMILES string of the molecule is CN(CCC(O)c1ccccc1Br)Cc1ccccc1F. The number of hydrogen-bond acceptors (Lipinski definition) is 2. The number of benzene rings is 2. The topological polar surface area (TPSA) is 23.5 Å². The highest BCUT2D eigenvalue weighted by atomic mass is 79.9. The van der Waals surface area contributed by atoms with Crippen molar-refractivity contribution in [1.29, 1.82) is 0 Å². The molecule has 0 saturated carbocycles. The van der Waals surface area contributed by atoms with E-state index in [0.29, 0.717) is 25.1 Å². The fourth-order valence-corrected chi connectivity index (χ4v) is 2.79. The van der Waals surface area contributed by atoms with Crippen LogP contribution in [0.25, 0.3) is 0 Å². The Balaban J connectivity index is 1.88. The lowest BCUT2D eigenvalue weighted by molar-refractivity contribution is 0.147. The summed E-state index contributed by atoms with van der Waals surface area (Å²) in [4.78, 5) is 2.01. The Morgan fingerprint density at radius 2 is 1.81 bits per heavy atom. The largest absolute Gasteiger partial charge is 0.388 e. The van der Waals surface area contributed by atoms with Crippen LogP contribution >= 0.6 is 15.9 Å². The second kappa shape index (κ2) is 7.69. The van der Waals surface area contributed by atoms with Crippen LogP contribution in [0.4, 0.5) is 4.39 Å². The van der Waals surface area contributed by atoms with Crippen LogP contribution < -0.4 is 0 Å². The Morgan fingerprint density at radius 3 is 2.52 bits per heavy atom. The quantitative estimate of drug-likeness (QED) is 0.845. The van der Waals surface area contributed by atoms with E-state index in [2.05, 4.69) is 15.9 Å². The molecule has 0 saturated heterocycles. The van der Waals surface area contributed by atoms with Gasteiger partial charge in [-0.1, -0.05) is 52.3 Å². The number of aliphatic hydroxyl groups excluding tert-OH is 1. The maximum atomic E-state index is 13.6. The van der Waals surface area contributed by atoms with Crippen molar-refractivity contribution in [3.05, 3.63) is 69.9 Å². The Hall–Kier alpha value is -1.23. The van der Waals surface area contributed by atoms with E-state index in [-0.39, 0.29) is 5.82 Å². The summed E-state index contributed by atoms with van der Waals surface area (Å²) in [5.74, 6) is -0.185. The summed E-state index contributed by atoms with van der Waals surface area (Å²) in [6, 6.07) is 14.4. The van der Waals surface area contributed by atoms with E-state index in [1.54, 1.807) is 12.1 Å². The Morgan fingerprint density at radius 1 is 1.14 bits per heavy atom. The lowest BCUT2D eigenvalue weighted by atomic mass is 10.1. The molecule has 0 fully saturated rings. The van der Waals surface area contributed by atoms with Crippen molar-refractivity contribution in [3.8, 4) is 0 Å². The summed E-state index contributed by atoms with van der Waals surface area (Å²) < 4.78 is 14.5. The molecule has 2 aromatic rings. The first-order valence-electron chi connectivity index (χ1n) is 6.92. The first-order chi connectivity index (χ1) is 10.1. The molecule has 1 unspecified atom stereocenters. The monoisotopic (exact) mass is 351 g/mol. The predicted molar refractivity (Wildman–Crippen MR) is 86.5 cm³/mol. The van der Waals surface area contributed by atoms with Gasteiger partial charge < -0.3 is 10.0 Å². The molecule has 0 aliphatic rings. The molecule has 0 heterocycles. The molecule has 4 heteroatoms. The maximum Gasteiger partial charge on any atom is 0.127 e. The molecule has 1 N–H and O–H groups in total. The highest BCUT2D eigenvalue weighted by Gasteiger charge is 2.12. The smallest absolute Gasteiger partial charge is 0.127 e. The highest BCUT2D eigenvalue weighted by molar-refractivity contribution is 9.10. The first-order valence-corrected chi connectivity index (χ1v) is 7.71. The number of halogens is 2. The van der Waals surface area contributed by atoms with Gasteiger partial charge in [0.25, 0.3) is 0 Å². The van der Waals surface area contributed by atoms with Gasteiger partial charge in [0.1, 0.15) is 5.82 Å². The first kappa shape index (κ1) is 16.1. The van der Waals surface area contributed by atoms with Gasteiger partial charge >= 0.3 is 0 Å². The summed E-state index contributed by atoms with van der Waals surface area (Å²) in [7, 11) is 1.93. The van der Waals surface area contributed by atoms with Crippen molar-refractivity contribution in [2.24, 2.45) is 0 Å². The molecular weight excluding hydrogens is 333 g/mol. The van der Waals surface area contributed by atoms with E-state index in [0.717, 1.165) is 10.0 Å². The van der Waals surface area contributed by atoms with Gasteiger partial charge in [-0.15, -0.1) is 0 Å². The fourth-order valence-electron chi connectivity index (χ4n) is 2.24. The Bertz CT molecular complexity index is 591. The third-order valence-corrected chi connectivity index (χ3v) is 4.17. The lowest BCUT2D eigenvalue weighted by Crippen LogP contribution is -2.21. The summed E-state index contributed by atoms with van der Waals surface area (Å²) in [6.07, 6.45) is 0.0803. The van der Waals surface area contributed by atoms with Gasteiger partial charge in [0.2, 0.25) is 0 Å². The zero-order valence-electron chi connectivity index (χ0n) is 12.0. The van der Waals surface area contributed by atoms with Crippen LogP contribution in [0.5, 0.6) is 0 Å². The van der Waals surface area contributed by atoms with Gasteiger partial charge in [-0.25, -0.2) is 4.39 Å².